The molecule has 4 atom stereocenters. The van der Waals surface area contributed by atoms with Gasteiger partial charge in [0.1, 0.15) is 29.2 Å². The zero-order chi connectivity index (χ0) is 23.2. The minimum Gasteiger partial charge on any atom is -0.497 e. The smallest absolute Gasteiger partial charge is 0.123 e. The van der Waals surface area contributed by atoms with Gasteiger partial charge in [-0.3, -0.25) is 4.99 Å². The Labute approximate surface area is 193 Å². The van der Waals surface area contributed by atoms with Gasteiger partial charge >= 0.3 is 0 Å². The summed E-state index contributed by atoms with van der Waals surface area (Å²) in [7, 11) is 3.26. The summed E-state index contributed by atoms with van der Waals surface area (Å²) < 4.78 is 24.2. The lowest BCUT2D eigenvalue weighted by Crippen LogP contribution is -2.39. The van der Waals surface area contributed by atoms with Gasteiger partial charge < -0.3 is 14.8 Å². The van der Waals surface area contributed by atoms with Crippen LogP contribution in [-0.2, 0) is 4.74 Å². The standard InChI is InChI=1S/C26H28FN3O3/c1-32-21-7-3-5-17(15-21)24-14-13-23(25(30-31)18-6-4-8-22(16-18)33-2)26(29-24)28-20-11-9-19(27)10-12-20/h3-5,7-12,15-16,18,23-25H,6,13-14H2,1-2H3,(H,28,29). The molecule has 6 nitrogen and oxygen atoms in total. The lowest BCUT2D eigenvalue weighted by Gasteiger charge is -2.34. The quantitative estimate of drug-likeness (QED) is 0.523. The Morgan fingerprint density at radius 3 is 2.67 bits per heavy atom. The first-order valence-electron chi connectivity index (χ1n) is 11.1. The number of hydrogen-bond acceptors (Lipinski definition) is 6. The van der Waals surface area contributed by atoms with Crippen molar-refractivity contribution in [2.75, 3.05) is 19.5 Å². The number of hydrogen-bond donors (Lipinski definition) is 1. The third-order valence-corrected chi connectivity index (χ3v) is 6.27. The van der Waals surface area contributed by atoms with Crippen molar-refractivity contribution in [2.24, 2.45) is 22.0 Å². The molecule has 4 unspecified atom stereocenters. The summed E-state index contributed by atoms with van der Waals surface area (Å²) in [4.78, 5) is 17.1. The molecule has 2 aromatic rings. The maximum atomic E-state index is 13.4. The van der Waals surface area contributed by atoms with Gasteiger partial charge in [-0.25, -0.2) is 4.39 Å². The number of methoxy groups -OCH3 is 2. The zero-order valence-corrected chi connectivity index (χ0v) is 18.8. The van der Waals surface area contributed by atoms with Crippen LogP contribution in [0.1, 0.15) is 30.9 Å². The van der Waals surface area contributed by atoms with Crippen LogP contribution in [0.4, 0.5) is 10.1 Å². The molecule has 0 bridgehead atoms. The summed E-state index contributed by atoms with van der Waals surface area (Å²) >= 11 is 0. The van der Waals surface area contributed by atoms with E-state index in [0.29, 0.717) is 17.9 Å². The first kappa shape index (κ1) is 22.7. The van der Waals surface area contributed by atoms with E-state index >= 15 is 0 Å². The van der Waals surface area contributed by atoms with E-state index < -0.39 is 6.04 Å². The molecular weight excluding hydrogens is 421 g/mol. The molecule has 2 aromatic carbocycles. The van der Waals surface area contributed by atoms with E-state index in [0.717, 1.165) is 29.9 Å². The van der Waals surface area contributed by atoms with Crippen LogP contribution in [0.25, 0.3) is 0 Å². The van der Waals surface area contributed by atoms with Crippen molar-refractivity contribution in [3.63, 3.8) is 0 Å². The molecule has 1 N–H and O–H groups in total. The predicted octanol–water partition coefficient (Wildman–Crippen LogP) is 6.04. The van der Waals surface area contributed by atoms with Crippen LogP contribution in [0.5, 0.6) is 5.75 Å². The number of nitrogens with one attached hydrogen (secondary N) is 1. The third-order valence-electron chi connectivity index (χ3n) is 6.27. The fourth-order valence-corrected chi connectivity index (χ4v) is 4.53. The van der Waals surface area contributed by atoms with Crippen LogP contribution in [0, 0.1) is 22.6 Å². The normalized spacial score (nSPS) is 23.2. The molecule has 2 aliphatic rings. The molecule has 33 heavy (non-hydrogen) atoms. The van der Waals surface area contributed by atoms with Crippen molar-refractivity contribution in [3.8, 4) is 5.75 Å². The van der Waals surface area contributed by atoms with E-state index in [-0.39, 0.29) is 23.7 Å². The average Bonchev–Trinajstić information content (AvgIpc) is 2.87. The van der Waals surface area contributed by atoms with Gasteiger partial charge in [-0.05, 0) is 73.4 Å². The predicted molar refractivity (Wildman–Crippen MR) is 128 cm³/mol. The van der Waals surface area contributed by atoms with E-state index in [9.17, 15) is 9.30 Å². The van der Waals surface area contributed by atoms with Gasteiger partial charge in [0, 0.05) is 17.5 Å². The number of nitroso groups, excluding NO2 is 1. The largest absolute Gasteiger partial charge is 0.497 e. The fraction of sp³-hybridized carbons (Fsp3) is 0.346. The minimum absolute atomic E-state index is 0.0806. The van der Waals surface area contributed by atoms with Crippen molar-refractivity contribution in [2.45, 2.75) is 31.3 Å². The summed E-state index contributed by atoms with van der Waals surface area (Å²) in [5, 5.41) is 6.90. The van der Waals surface area contributed by atoms with Gasteiger partial charge in [-0.2, -0.15) is 4.91 Å². The van der Waals surface area contributed by atoms with Crippen molar-refractivity contribution in [1.29, 1.82) is 0 Å². The summed E-state index contributed by atoms with van der Waals surface area (Å²) in [5.74, 6) is 1.61. The molecule has 4 rings (SSSR count). The molecule has 0 spiro atoms. The summed E-state index contributed by atoms with van der Waals surface area (Å²) in [6, 6.07) is 13.4. The zero-order valence-electron chi connectivity index (χ0n) is 18.8. The molecule has 172 valence electrons. The average molecular weight is 450 g/mol. The van der Waals surface area contributed by atoms with Crippen LogP contribution >= 0.6 is 0 Å². The lowest BCUT2D eigenvalue weighted by atomic mass is 9.79. The molecule has 1 heterocycles. The van der Waals surface area contributed by atoms with Crippen molar-refractivity contribution < 1.29 is 13.9 Å². The second-order valence-corrected chi connectivity index (χ2v) is 8.29. The molecule has 0 aromatic heterocycles. The van der Waals surface area contributed by atoms with Crippen LogP contribution in [0.3, 0.4) is 0 Å². The molecule has 0 amide bonds. The number of allylic oxidation sites excluding steroid dienone is 2. The van der Waals surface area contributed by atoms with Gasteiger partial charge in [0.05, 0.1) is 20.3 Å². The number of benzene rings is 2. The summed E-state index contributed by atoms with van der Waals surface area (Å²) in [5.41, 5.74) is 1.76. The van der Waals surface area contributed by atoms with E-state index in [1.54, 1.807) is 26.4 Å². The second kappa shape index (κ2) is 10.4. The molecule has 1 aliphatic carbocycles. The van der Waals surface area contributed by atoms with Gasteiger partial charge in [-0.1, -0.05) is 23.4 Å². The number of amidine groups is 1. The first-order valence-corrected chi connectivity index (χ1v) is 11.1. The van der Waals surface area contributed by atoms with Crippen LogP contribution in [0.15, 0.2) is 82.7 Å². The Hall–Kier alpha value is -3.48. The maximum absolute atomic E-state index is 13.4. The number of anilines is 1. The highest BCUT2D eigenvalue weighted by Gasteiger charge is 2.37. The third kappa shape index (κ3) is 5.30. The highest BCUT2D eigenvalue weighted by atomic mass is 19.1. The van der Waals surface area contributed by atoms with Gasteiger partial charge in [0.25, 0.3) is 0 Å². The molecule has 0 fully saturated rings. The Bertz CT molecular complexity index is 1060. The van der Waals surface area contributed by atoms with E-state index in [1.165, 1.54) is 12.1 Å². The van der Waals surface area contributed by atoms with Crippen molar-refractivity contribution >= 4 is 11.5 Å². The minimum atomic E-state index is -0.502. The topological polar surface area (TPSA) is 72.3 Å². The van der Waals surface area contributed by atoms with Gasteiger partial charge in [0.15, 0.2) is 0 Å². The van der Waals surface area contributed by atoms with Crippen molar-refractivity contribution in [1.82, 2.24) is 0 Å². The lowest BCUT2D eigenvalue weighted by molar-refractivity contribution is 0.291. The molecule has 7 heteroatoms. The Morgan fingerprint density at radius 1 is 1.12 bits per heavy atom. The Balaban J connectivity index is 1.67. The molecule has 0 saturated heterocycles. The molecular formula is C26H28FN3O3. The SMILES string of the molecule is COC1=CC(C(N=O)C2CCC(c3cccc(OC)c3)N=C2Nc2ccc(F)cc2)CC=C1. The fourth-order valence-electron chi connectivity index (χ4n) is 4.53. The second-order valence-electron chi connectivity index (χ2n) is 8.29. The molecule has 1 aliphatic heterocycles. The molecule has 0 saturated carbocycles. The Morgan fingerprint density at radius 2 is 1.94 bits per heavy atom. The highest BCUT2D eigenvalue weighted by molar-refractivity contribution is 5.98. The summed E-state index contributed by atoms with van der Waals surface area (Å²) in [6.45, 7) is 0. The van der Waals surface area contributed by atoms with E-state index in [2.05, 4.69) is 10.5 Å². The van der Waals surface area contributed by atoms with Crippen molar-refractivity contribution in [3.05, 3.63) is 88.8 Å². The maximum Gasteiger partial charge on any atom is 0.123 e. The monoisotopic (exact) mass is 449 g/mol. The van der Waals surface area contributed by atoms with Crippen LogP contribution in [-0.4, -0.2) is 26.1 Å². The number of halogens is 1. The number of nitrogens with zero attached hydrogens (tertiary/aromatic N) is 2. The van der Waals surface area contributed by atoms with Crippen LogP contribution in [0.2, 0.25) is 0 Å². The highest BCUT2D eigenvalue weighted by Crippen LogP contribution is 2.38. The number of aliphatic imine (C=N–C) groups is 1. The number of rotatable bonds is 7. The van der Waals surface area contributed by atoms with Gasteiger partial charge in [-0.15, -0.1) is 0 Å². The summed E-state index contributed by atoms with van der Waals surface area (Å²) in [6.07, 6.45) is 8.11. The molecule has 0 radical (unpaired) electrons. The first-order chi connectivity index (χ1) is 16.1. The number of ether oxygens (including phenoxy) is 2. The van der Waals surface area contributed by atoms with E-state index in [4.69, 9.17) is 14.5 Å². The van der Waals surface area contributed by atoms with Crippen LogP contribution < -0.4 is 10.1 Å². The Kier molecular flexibility index (Phi) is 7.17. The van der Waals surface area contributed by atoms with Gasteiger partial charge in [0.2, 0.25) is 0 Å². The van der Waals surface area contributed by atoms with E-state index in [1.807, 2.05) is 42.5 Å².